The predicted molar refractivity (Wildman–Crippen MR) is 84.7 cm³/mol. The van der Waals surface area contributed by atoms with Crippen LogP contribution in [0.25, 0.3) is 0 Å². The van der Waals surface area contributed by atoms with Crippen molar-refractivity contribution in [3.05, 3.63) is 12.2 Å². The van der Waals surface area contributed by atoms with Crippen LogP contribution in [-0.4, -0.2) is 12.1 Å². The van der Waals surface area contributed by atoms with Gasteiger partial charge in [-0.2, -0.15) is 0 Å². The Balaban J connectivity index is 1.87. The minimum absolute atomic E-state index is 0.0304. The highest BCUT2D eigenvalue weighted by Gasteiger charge is 2.17. The molecule has 0 aromatic rings. The SMILES string of the molecule is CCC=CCCCCCCCC(=O)OC1CCCCC1. The highest BCUT2D eigenvalue weighted by atomic mass is 16.5. The lowest BCUT2D eigenvalue weighted by atomic mass is 9.98. The number of allylic oxidation sites excluding steroid dienone is 2. The van der Waals surface area contributed by atoms with Gasteiger partial charge in [0.25, 0.3) is 0 Å². The number of carbonyl (C=O) groups excluding carboxylic acids is 1. The molecule has 0 atom stereocenters. The first-order valence-electron chi connectivity index (χ1n) is 8.67. The fraction of sp³-hybridized carbons (Fsp3) is 0.833. The summed E-state index contributed by atoms with van der Waals surface area (Å²) in [5.74, 6) is 0.0304. The van der Waals surface area contributed by atoms with Gasteiger partial charge in [-0.25, -0.2) is 0 Å². The average molecular weight is 280 g/mol. The van der Waals surface area contributed by atoms with Gasteiger partial charge in [-0.3, -0.25) is 4.79 Å². The summed E-state index contributed by atoms with van der Waals surface area (Å²) in [6.07, 6.45) is 19.6. The van der Waals surface area contributed by atoms with Crippen LogP contribution < -0.4 is 0 Å². The largest absolute Gasteiger partial charge is 0.462 e. The quantitative estimate of drug-likeness (QED) is 0.297. The van der Waals surface area contributed by atoms with E-state index in [2.05, 4.69) is 19.1 Å². The molecule has 0 heterocycles. The van der Waals surface area contributed by atoms with E-state index >= 15 is 0 Å². The molecule has 0 spiro atoms. The van der Waals surface area contributed by atoms with Crippen LogP contribution in [0.2, 0.25) is 0 Å². The van der Waals surface area contributed by atoms with Gasteiger partial charge in [-0.1, -0.05) is 44.8 Å². The highest BCUT2D eigenvalue weighted by molar-refractivity contribution is 5.69. The number of rotatable bonds is 10. The fourth-order valence-electron chi connectivity index (χ4n) is 2.77. The van der Waals surface area contributed by atoms with E-state index < -0.39 is 0 Å². The van der Waals surface area contributed by atoms with E-state index in [1.54, 1.807) is 0 Å². The number of carbonyl (C=O) groups is 1. The van der Waals surface area contributed by atoms with E-state index in [0.29, 0.717) is 6.42 Å². The summed E-state index contributed by atoms with van der Waals surface area (Å²) in [4.78, 5) is 11.7. The lowest BCUT2D eigenvalue weighted by Gasteiger charge is -2.21. The van der Waals surface area contributed by atoms with Crippen molar-refractivity contribution >= 4 is 5.97 Å². The second-order valence-electron chi connectivity index (χ2n) is 5.94. The average Bonchev–Trinajstić information content (AvgIpc) is 2.46. The molecule has 1 aliphatic rings. The maximum atomic E-state index is 11.7. The van der Waals surface area contributed by atoms with Crippen molar-refractivity contribution in [2.45, 2.75) is 96.5 Å². The zero-order valence-electron chi connectivity index (χ0n) is 13.2. The standard InChI is InChI=1S/C18H32O2/c1-2-3-4-5-6-7-8-9-13-16-18(19)20-17-14-11-10-12-15-17/h3-4,17H,2,5-16H2,1H3. The van der Waals surface area contributed by atoms with E-state index in [1.807, 2.05) is 0 Å². The number of esters is 1. The molecule has 0 unspecified atom stereocenters. The van der Waals surface area contributed by atoms with Crippen molar-refractivity contribution in [3.63, 3.8) is 0 Å². The molecule has 2 heteroatoms. The molecule has 0 N–H and O–H groups in total. The second kappa shape index (κ2) is 12.0. The number of ether oxygens (including phenoxy) is 1. The minimum Gasteiger partial charge on any atom is -0.462 e. The zero-order valence-corrected chi connectivity index (χ0v) is 13.2. The Morgan fingerprint density at radius 1 is 1.00 bits per heavy atom. The first kappa shape index (κ1) is 17.3. The summed E-state index contributed by atoms with van der Waals surface area (Å²) in [5, 5.41) is 0. The molecule has 0 aromatic carbocycles. The summed E-state index contributed by atoms with van der Waals surface area (Å²) >= 11 is 0. The molecule has 1 saturated carbocycles. The highest BCUT2D eigenvalue weighted by Crippen LogP contribution is 2.21. The molecule has 0 radical (unpaired) electrons. The molecular formula is C18H32O2. The Morgan fingerprint density at radius 3 is 2.45 bits per heavy atom. The van der Waals surface area contributed by atoms with E-state index in [4.69, 9.17) is 4.74 Å². The molecular weight excluding hydrogens is 248 g/mol. The van der Waals surface area contributed by atoms with E-state index in [1.165, 1.54) is 44.9 Å². The molecule has 1 aliphatic carbocycles. The lowest BCUT2D eigenvalue weighted by Crippen LogP contribution is -2.20. The number of hydrogen-bond donors (Lipinski definition) is 0. The van der Waals surface area contributed by atoms with Gasteiger partial charge in [0.05, 0.1) is 0 Å². The normalized spacial score (nSPS) is 16.6. The number of hydrogen-bond acceptors (Lipinski definition) is 2. The summed E-state index contributed by atoms with van der Waals surface area (Å²) in [7, 11) is 0. The molecule has 0 bridgehead atoms. The summed E-state index contributed by atoms with van der Waals surface area (Å²) < 4.78 is 5.52. The lowest BCUT2D eigenvalue weighted by molar-refractivity contribution is -0.150. The van der Waals surface area contributed by atoms with Crippen LogP contribution in [0.1, 0.15) is 90.4 Å². The monoisotopic (exact) mass is 280 g/mol. The molecule has 20 heavy (non-hydrogen) atoms. The van der Waals surface area contributed by atoms with E-state index in [0.717, 1.165) is 32.1 Å². The Kier molecular flexibility index (Phi) is 10.3. The topological polar surface area (TPSA) is 26.3 Å². The van der Waals surface area contributed by atoms with Gasteiger partial charge in [0, 0.05) is 6.42 Å². The molecule has 1 fully saturated rings. The number of unbranched alkanes of at least 4 members (excludes halogenated alkanes) is 5. The van der Waals surface area contributed by atoms with Gasteiger partial charge in [0.15, 0.2) is 0 Å². The summed E-state index contributed by atoms with van der Waals surface area (Å²) in [6.45, 7) is 2.17. The molecule has 0 saturated heterocycles. The Hall–Kier alpha value is -0.790. The summed E-state index contributed by atoms with van der Waals surface area (Å²) in [5.41, 5.74) is 0. The van der Waals surface area contributed by atoms with Gasteiger partial charge in [-0.05, 0) is 51.4 Å². The van der Waals surface area contributed by atoms with Crippen molar-refractivity contribution in [1.29, 1.82) is 0 Å². The molecule has 0 aliphatic heterocycles. The van der Waals surface area contributed by atoms with Crippen molar-refractivity contribution in [3.8, 4) is 0 Å². The minimum atomic E-state index is 0.0304. The van der Waals surface area contributed by atoms with Crippen LogP contribution >= 0.6 is 0 Å². The van der Waals surface area contributed by atoms with Crippen molar-refractivity contribution in [2.75, 3.05) is 0 Å². The van der Waals surface area contributed by atoms with Crippen LogP contribution in [0.3, 0.4) is 0 Å². The van der Waals surface area contributed by atoms with E-state index in [9.17, 15) is 4.79 Å². The van der Waals surface area contributed by atoms with Crippen molar-refractivity contribution < 1.29 is 9.53 Å². The third-order valence-electron chi connectivity index (χ3n) is 4.00. The van der Waals surface area contributed by atoms with Crippen LogP contribution in [0.5, 0.6) is 0 Å². The van der Waals surface area contributed by atoms with Gasteiger partial charge in [0.2, 0.25) is 0 Å². The third-order valence-corrected chi connectivity index (χ3v) is 4.00. The van der Waals surface area contributed by atoms with Gasteiger partial charge in [-0.15, -0.1) is 0 Å². The fourth-order valence-corrected chi connectivity index (χ4v) is 2.77. The van der Waals surface area contributed by atoms with Gasteiger partial charge in [0.1, 0.15) is 6.10 Å². The van der Waals surface area contributed by atoms with Crippen LogP contribution in [0.4, 0.5) is 0 Å². The predicted octanol–water partition coefficient (Wildman–Crippen LogP) is 5.56. The molecule has 2 nitrogen and oxygen atoms in total. The molecule has 1 rings (SSSR count). The Labute approximate surface area is 125 Å². The second-order valence-corrected chi connectivity index (χ2v) is 5.94. The molecule has 0 aromatic heterocycles. The van der Waals surface area contributed by atoms with Crippen molar-refractivity contribution in [2.24, 2.45) is 0 Å². The zero-order chi connectivity index (χ0) is 14.5. The smallest absolute Gasteiger partial charge is 0.306 e. The van der Waals surface area contributed by atoms with Gasteiger partial charge < -0.3 is 4.74 Å². The van der Waals surface area contributed by atoms with Crippen LogP contribution in [-0.2, 0) is 9.53 Å². The van der Waals surface area contributed by atoms with E-state index in [-0.39, 0.29) is 12.1 Å². The van der Waals surface area contributed by atoms with Crippen LogP contribution in [0, 0.1) is 0 Å². The maximum Gasteiger partial charge on any atom is 0.306 e. The first-order chi connectivity index (χ1) is 9.83. The molecule has 0 amide bonds. The Morgan fingerprint density at radius 2 is 1.70 bits per heavy atom. The van der Waals surface area contributed by atoms with Gasteiger partial charge >= 0.3 is 5.97 Å². The third kappa shape index (κ3) is 9.17. The first-order valence-corrected chi connectivity index (χ1v) is 8.67. The van der Waals surface area contributed by atoms with Crippen molar-refractivity contribution in [1.82, 2.24) is 0 Å². The van der Waals surface area contributed by atoms with Crippen LogP contribution in [0.15, 0.2) is 12.2 Å². The molecule has 116 valence electrons. The Bertz CT molecular complexity index is 265. The maximum absolute atomic E-state index is 11.7. The summed E-state index contributed by atoms with van der Waals surface area (Å²) in [6, 6.07) is 0.